The molecule has 3 saturated carbocycles. The Morgan fingerprint density at radius 2 is 1.55 bits per heavy atom. The standard InChI is InChI=1S/C45H76O2/c1-7-8-9-10-11-12-13-14-15-16-17-18-19-20-21-25-43(46)47-38-30-32-44(5)37(34-38)26-27-39-41-29-28-40(36(4)24-22-23-35(2)3)45(41,6)33-31-42(39)44/h11-12,14-15,26,35-36,38-42H,7-10,13,16-25,27-34H2,1-6H3/t36-,38?,39?,40?,41?,42?,44+,45-/m1/s1. The molecule has 47 heavy (non-hydrogen) atoms. The van der Waals surface area contributed by atoms with Crippen LogP contribution in [0.1, 0.15) is 189 Å². The fraction of sp³-hybridized carbons (Fsp3) is 0.844. The van der Waals surface area contributed by atoms with Gasteiger partial charge < -0.3 is 4.74 Å². The van der Waals surface area contributed by atoms with Crippen molar-refractivity contribution < 1.29 is 9.53 Å². The molecule has 0 N–H and O–H groups in total. The first-order chi connectivity index (χ1) is 22.7. The number of hydrogen-bond acceptors (Lipinski definition) is 2. The maximum atomic E-state index is 12.8. The van der Waals surface area contributed by atoms with E-state index < -0.39 is 0 Å². The van der Waals surface area contributed by atoms with E-state index in [0.29, 0.717) is 17.3 Å². The molecule has 0 heterocycles. The van der Waals surface area contributed by atoms with Gasteiger partial charge in [0.2, 0.25) is 0 Å². The summed E-state index contributed by atoms with van der Waals surface area (Å²) in [6.07, 6.45) is 40.5. The maximum absolute atomic E-state index is 12.8. The highest BCUT2D eigenvalue weighted by atomic mass is 16.5. The maximum Gasteiger partial charge on any atom is 0.306 e. The Kier molecular flexibility index (Phi) is 15.7. The Labute approximate surface area is 292 Å². The van der Waals surface area contributed by atoms with Crippen molar-refractivity contribution in [2.24, 2.45) is 46.3 Å². The average molecular weight is 649 g/mol. The van der Waals surface area contributed by atoms with Crippen LogP contribution in [0, 0.1) is 46.3 Å². The van der Waals surface area contributed by atoms with Gasteiger partial charge in [-0.3, -0.25) is 4.79 Å². The number of rotatable bonds is 20. The molecule has 3 fully saturated rings. The van der Waals surface area contributed by atoms with Crippen LogP contribution >= 0.6 is 0 Å². The lowest BCUT2D eigenvalue weighted by Crippen LogP contribution is -2.51. The average Bonchev–Trinajstić information content (AvgIpc) is 3.40. The Morgan fingerprint density at radius 3 is 2.30 bits per heavy atom. The van der Waals surface area contributed by atoms with E-state index in [1.807, 2.05) is 0 Å². The van der Waals surface area contributed by atoms with Gasteiger partial charge in [0.05, 0.1) is 0 Å². The van der Waals surface area contributed by atoms with Gasteiger partial charge >= 0.3 is 5.97 Å². The van der Waals surface area contributed by atoms with Crippen molar-refractivity contribution in [3.05, 3.63) is 36.0 Å². The predicted octanol–water partition coefficient (Wildman–Crippen LogP) is 13.8. The predicted molar refractivity (Wildman–Crippen MR) is 202 cm³/mol. The van der Waals surface area contributed by atoms with Crippen molar-refractivity contribution in [2.45, 2.75) is 195 Å². The lowest BCUT2D eigenvalue weighted by Gasteiger charge is -2.58. The molecule has 0 aromatic heterocycles. The first kappa shape index (κ1) is 38.5. The van der Waals surface area contributed by atoms with Gasteiger partial charge in [-0.15, -0.1) is 0 Å². The van der Waals surface area contributed by atoms with Crippen molar-refractivity contribution in [1.29, 1.82) is 0 Å². The van der Waals surface area contributed by atoms with E-state index >= 15 is 0 Å². The number of carbonyl (C=O) groups is 1. The lowest BCUT2D eigenvalue weighted by molar-refractivity contribution is -0.151. The largest absolute Gasteiger partial charge is 0.462 e. The topological polar surface area (TPSA) is 26.3 Å². The number of ether oxygens (including phenoxy) is 1. The molecular weight excluding hydrogens is 572 g/mol. The van der Waals surface area contributed by atoms with Gasteiger partial charge in [0.15, 0.2) is 0 Å². The summed E-state index contributed by atoms with van der Waals surface area (Å²) < 4.78 is 6.12. The zero-order valence-electron chi connectivity index (χ0n) is 32.0. The van der Waals surface area contributed by atoms with E-state index in [-0.39, 0.29) is 12.1 Å². The molecule has 4 aliphatic rings. The van der Waals surface area contributed by atoms with Crippen molar-refractivity contribution in [1.82, 2.24) is 0 Å². The number of allylic oxidation sites excluding steroid dienone is 5. The highest BCUT2D eigenvalue weighted by Gasteiger charge is 2.59. The second-order valence-corrected chi connectivity index (χ2v) is 17.6. The number of hydrogen-bond donors (Lipinski definition) is 0. The third kappa shape index (κ3) is 10.6. The van der Waals surface area contributed by atoms with E-state index in [2.05, 4.69) is 71.9 Å². The minimum Gasteiger partial charge on any atom is -0.462 e. The van der Waals surface area contributed by atoms with Crippen molar-refractivity contribution in [3.63, 3.8) is 0 Å². The van der Waals surface area contributed by atoms with Gasteiger partial charge in [-0.2, -0.15) is 0 Å². The molecule has 2 heteroatoms. The summed E-state index contributed by atoms with van der Waals surface area (Å²) in [5.41, 5.74) is 2.52. The number of unbranched alkanes of at least 4 members (excludes halogenated alkanes) is 8. The molecule has 0 aliphatic heterocycles. The third-order valence-electron chi connectivity index (χ3n) is 13.9. The number of carbonyl (C=O) groups excluding carboxylic acids is 1. The molecule has 0 saturated heterocycles. The second kappa shape index (κ2) is 19.2. The van der Waals surface area contributed by atoms with E-state index in [0.717, 1.165) is 67.6 Å². The monoisotopic (exact) mass is 649 g/mol. The summed E-state index contributed by atoms with van der Waals surface area (Å²) in [6, 6.07) is 0. The first-order valence-corrected chi connectivity index (χ1v) is 20.9. The van der Waals surface area contributed by atoms with Gasteiger partial charge in [0.25, 0.3) is 0 Å². The molecule has 0 aromatic rings. The summed E-state index contributed by atoms with van der Waals surface area (Å²) in [4.78, 5) is 12.8. The molecule has 0 radical (unpaired) electrons. The van der Waals surface area contributed by atoms with Crippen LogP contribution in [0.15, 0.2) is 36.0 Å². The van der Waals surface area contributed by atoms with Crippen LogP contribution in [-0.2, 0) is 9.53 Å². The number of fused-ring (bicyclic) bond motifs is 5. The van der Waals surface area contributed by atoms with Crippen LogP contribution in [0.25, 0.3) is 0 Å². The highest BCUT2D eigenvalue weighted by molar-refractivity contribution is 5.69. The highest BCUT2D eigenvalue weighted by Crippen LogP contribution is 2.67. The third-order valence-corrected chi connectivity index (χ3v) is 13.9. The molecule has 268 valence electrons. The normalized spacial score (nSPS) is 32.7. The molecule has 4 rings (SSSR count). The minimum atomic E-state index is 0.0477. The molecule has 0 amide bonds. The van der Waals surface area contributed by atoms with Crippen molar-refractivity contribution in [3.8, 4) is 0 Å². The molecule has 0 spiro atoms. The summed E-state index contributed by atoms with van der Waals surface area (Å²) in [5, 5.41) is 0. The van der Waals surface area contributed by atoms with Crippen LogP contribution in [0.3, 0.4) is 0 Å². The van der Waals surface area contributed by atoms with Gasteiger partial charge in [-0.1, -0.05) is 129 Å². The van der Waals surface area contributed by atoms with Crippen molar-refractivity contribution in [2.75, 3.05) is 0 Å². The zero-order valence-corrected chi connectivity index (χ0v) is 32.0. The fourth-order valence-electron chi connectivity index (χ4n) is 11.1. The van der Waals surface area contributed by atoms with Crippen LogP contribution < -0.4 is 0 Å². The van der Waals surface area contributed by atoms with Crippen LogP contribution in [-0.4, -0.2) is 12.1 Å². The summed E-state index contributed by atoms with van der Waals surface area (Å²) >= 11 is 0. The summed E-state index contributed by atoms with van der Waals surface area (Å²) in [5.74, 6) is 5.30. The first-order valence-electron chi connectivity index (χ1n) is 20.9. The zero-order chi connectivity index (χ0) is 33.7. The Hall–Kier alpha value is -1.31. The Bertz CT molecular complexity index is 1020. The van der Waals surface area contributed by atoms with Gasteiger partial charge in [0, 0.05) is 12.8 Å². The molecule has 8 atom stereocenters. The van der Waals surface area contributed by atoms with Gasteiger partial charge in [-0.25, -0.2) is 0 Å². The summed E-state index contributed by atoms with van der Waals surface area (Å²) in [7, 11) is 0. The van der Waals surface area contributed by atoms with Crippen LogP contribution in [0.2, 0.25) is 0 Å². The van der Waals surface area contributed by atoms with Crippen molar-refractivity contribution >= 4 is 5.97 Å². The smallest absolute Gasteiger partial charge is 0.306 e. The van der Waals surface area contributed by atoms with Gasteiger partial charge in [0.1, 0.15) is 6.10 Å². The SMILES string of the molecule is CCCCCC=CCC=CCCCCCCCC(=O)OC1CC[C@@]2(C)C(=CCC3C4CCC([C@H](C)CCCC(C)C)[C@@]4(C)CCC32)C1. The van der Waals surface area contributed by atoms with E-state index in [9.17, 15) is 4.79 Å². The van der Waals surface area contributed by atoms with Crippen LogP contribution in [0.4, 0.5) is 0 Å². The molecular formula is C45H76O2. The molecule has 5 unspecified atom stereocenters. The Balaban J connectivity index is 1.13. The van der Waals surface area contributed by atoms with E-state index in [1.165, 1.54) is 109 Å². The van der Waals surface area contributed by atoms with E-state index in [4.69, 9.17) is 4.74 Å². The molecule has 4 aliphatic carbocycles. The molecule has 0 aromatic carbocycles. The molecule has 2 nitrogen and oxygen atoms in total. The second-order valence-electron chi connectivity index (χ2n) is 17.6. The quantitative estimate of drug-likeness (QED) is 0.0746. The van der Waals surface area contributed by atoms with E-state index in [1.54, 1.807) is 5.57 Å². The number of esters is 1. The lowest BCUT2D eigenvalue weighted by atomic mass is 9.47. The Morgan fingerprint density at radius 1 is 0.830 bits per heavy atom. The van der Waals surface area contributed by atoms with Crippen LogP contribution in [0.5, 0.6) is 0 Å². The fourth-order valence-corrected chi connectivity index (χ4v) is 11.1. The minimum absolute atomic E-state index is 0.0477. The molecule has 0 bridgehead atoms. The van der Waals surface area contributed by atoms with Gasteiger partial charge in [-0.05, 0) is 130 Å². The summed E-state index contributed by atoms with van der Waals surface area (Å²) in [6.45, 7) is 14.9.